The van der Waals surface area contributed by atoms with Gasteiger partial charge in [-0.05, 0) is 78.9 Å². The first-order valence-electron chi connectivity index (χ1n) is 11.3. The van der Waals surface area contributed by atoms with E-state index in [4.69, 9.17) is 28.2 Å². The minimum atomic E-state index is -3.43. The standard InChI is InChI=1S/C26H21ClN4O5S2/c1-38(34,35)30-16-6-8-17(9-7-16)31-24(23(29-26(31)37)20-4-2-3-13-28-20)22-12-11-21(36-22)18-14-15(25(32)33)5-10-19(18)27/h2-14,23-24,30H,1H3,(H,29,37)(H,32,33)/t23-,24-/m1/s1. The van der Waals surface area contributed by atoms with Crippen LogP contribution in [-0.4, -0.2) is 35.8 Å². The number of carbonyl (C=O) groups is 1. The fourth-order valence-electron chi connectivity index (χ4n) is 4.33. The van der Waals surface area contributed by atoms with E-state index in [1.807, 2.05) is 23.1 Å². The Labute approximate surface area is 229 Å². The highest BCUT2D eigenvalue weighted by Gasteiger charge is 2.42. The van der Waals surface area contributed by atoms with Gasteiger partial charge in [-0.2, -0.15) is 0 Å². The molecule has 38 heavy (non-hydrogen) atoms. The van der Waals surface area contributed by atoms with Crippen molar-refractivity contribution in [1.82, 2.24) is 10.3 Å². The van der Waals surface area contributed by atoms with Gasteiger partial charge >= 0.3 is 5.97 Å². The monoisotopic (exact) mass is 568 g/mol. The summed E-state index contributed by atoms with van der Waals surface area (Å²) in [6, 6.07) is 19.5. The Morgan fingerprint density at radius 3 is 2.55 bits per heavy atom. The van der Waals surface area contributed by atoms with E-state index in [2.05, 4.69) is 15.0 Å². The van der Waals surface area contributed by atoms with Crippen LogP contribution in [0, 0.1) is 0 Å². The van der Waals surface area contributed by atoms with Gasteiger partial charge in [0.25, 0.3) is 0 Å². The van der Waals surface area contributed by atoms with Crippen LogP contribution in [0.1, 0.15) is 33.9 Å². The van der Waals surface area contributed by atoms with Crippen molar-refractivity contribution in [1.29, 1.82) is 0 Å². The van der Waals surface area contributed by atoms with Gasteiger partial charge < -0.3 is 19.7 Å². The predicted molar refractivity (Wildman–Crippen MR) is 149 cm³/mol. The number of anilines is 2. The summed E-state index contributed by atoms with van der Waals surface area (Å²) in [7, 11) is -3.43. The number of hydrogen-bond donors (Lipinski definition) is 3. The van der Waals surface area contributed by atoms with E-state index < -0.39 is 22.0 Å². The van der Waals surface area contributed by atoms with Crippen LogP contribution in [0.5, 0.6) is 0 Å². The van der Waals surface area contributed by atoms with E-state index in [0.29, 0.717) is 38.6 Å². The van der Waals surface area contributed by atoms with Gasteiger partial charge in [-0.15, -0.1) is 0 Å². The number of sulfonamides is 1. The molecule has 0 bridgehead atoms. The third-order valence-corrected chi connectivity index (χ3v) is 7.19. The van der Waals surface area contributed by atoms with Crippen LogP contribution in [0.15, 0.2) is 83.4 Å². The van der Waals surface area contributed by atoms with Crippen LogP contribution in [-0.2, 0) is 10.0 Å². The minimum Gasteiger partial charge on any atom is -0.478 e. The molecule has 3 heterocycles. The number of nitrogens with one attached hydrogen (secondary N) is 2. The number of aromatic carboxylic acids is 1. The number of thiocarbonyl (C=S) groups is 1. The maximum Gasteiger partial charge on any atom is 0.335 e. The van der Waals surface area contributed by atoms with Crippen LogP contribution < -0.4 is 14.9 Å². The smallest absolute Gasteiger partial charge is 0.335 e. The molecule has 1 aliphatic rings. The molecular weight excluding hydrogens is 548 g/mol. The van der Waals surface area contributed by atoms with Gasteiger partial charge in [-0.25, -0.2) is 13.2 Å². The number of carboxylic acids is 1. The average Bonchev–Trinajstić information content (AvgIpc) is 3.49. The maximum absolute atomic E-state index is 11.6. The number of benzene rings is 2. The van der Waals surface area contributed by atoms with Gasteiger partial charge in [0.2, 0.25) is 10.0 Å². The fourth-order valence-corrected chi connectivity index (χ4v) is 5.45. The first-order valence-corrected chi connectivity index (χ1v) is 14.0. The summed E-state index contributed by atoms with van der Waals surface area (Å²) in [6.07, 6.45) is 2.77. The lowest BCUT2D eigenvalue weighted by molar-refractivity contribution is 0.0697. The molecule has 0 amide bonds. The Morgan fingerprint density at radius 1 is 1.13 bits per heavy atom. The molecule has 2 aromatic heterocycles. The Balaban J connectivity index is 1.57. The topological polar surface area (TPSA) is 125 Å². The Kier molecular flexibility index (Phi) is 6.82. The lowest BCUT2D eigenvalue weighted by atomic mass is 10.0. The second kappa shape index (κ2) is 10.1. The number of furan rings is 1. The lowest BCUT2D eigenvalue weighted by Crippen LogP contribution is -2.29. The van der Waals surface area contributed by atoms with Crippen LogP contribution in [0.3, 0.4) is 0 Å². The second-order valence-corrected chi connectivity index (χ2v) is 11.2. The zero-order chi connectivity index (χ0) is 27.0. The third kappa shape index (κ3) is 5.21. The summed E-state index contributed by atoms with van der Waals surface area (Å²) in [5.74, 6) is -0.133. The summed E-state index contributed by atoms with van der Waals surface area (Å²) >= 11 is 12.1. The molecule has 1 saturated heterocycles. The van der Waals surface area contributed by atoms with E-state index in [1.54, 1.807) is 42.6 Å². The highest BCUT2D eigenvalue weighted by atomic mass is 35.5. The van der Waals surface area contributed by atoms with E-state index in [-0.39, 0.29) is 11.6 Å². The molecular formula is C26H21ClN4O5S2. The fraction of sp³-hybridized carbons (Fsp3) is 0.115. The molecule has 0 spiro atoms. The SMILES string of the molecule is CS(=O)(=O)Nc1ccc(N2C(=S)N[C@H](c3ccccn3)[C@H]2c2ccc(-c3cc(C(=O)O)ccc3Cl)o2)cc1. The molecule has 2 atom stereocenters. The van der Waals surface area contributed by atoms with Gasteiger partial charge in [-0.3, -0.25) is 9.71 Å². The molecule has 0 saturated carbocycles. The molecule has 1 aliphatic heterocycles. The quantitative estimate of drug-likeness (QED) is 0.257. The van der Waals surface area contributed by atoms with E-state index in [0.717, 1.165) is 11.9 Å². The number of halogens is 1. The van der Waals surface area contributed by atoms with Gasteiger partial charge in [0.05, 0.1) is 28.6 Å². The number of carboxylic acid groups (broad SMARTS) is 1. The molecule has 1 fully saturated rings. The summed E-state index contributed by atoms with van der Waals surface area (Å²) in [5.41, 5.74) is 2.39. The molecule has 0 aliphatic carbocycles. The van der Waals surface area contributed by atoms with Crippen molar-refractivity contribution in [2.24, 2.45) is 0 Å². The van der Waals surface area contributed by atoms with E-state index in [1.165, 1.54) is 18.2 Å². The van der Waals surface area contributed by atoms with Gasteiger partial charge in [0.1, 0.15) is 17.6 Å². The minimum absolute atomic E-state index is 0.0850. The van der Waals surface area contributed by atoms with Crippen molar-refractivity contribution in [3.05, 3.63) is 101 Å². The predicted octanol–water partition coefficient (Wildman–Crippen LogP) is 5.24. The largest absolute Gasteiger partial charge is 0.478 e. The number of rotatable bonds is 7. The van der Waals surface area contributed by atoms with E-state index in [9.17, 15) is 18.3 Å². The number of pyridine rings is 1. The van der Waals surface area contributed by atoms with Gasteiger partial charge in [-0.1, -0.05) is 17.7 Å². The molecule has 194 valence electrons. The Hall–Kier alpha value is -3.93. The maximum atomic E-state index is 11.6. The second-order valence-electron chi connectivity index (χ2n) is 8.62. The van der Waals surface area contributed by atoms with Crippen LogP contribution in [0.4, 0.5) is 11.4 Å². The molecule has 9 nitrogen and oxygen atoms in total. The van der Waals surface area contributed by atoms with Crippen LogP contribution >= 0.6 is 23.8 Å². The lowest BCUT2D eigenvalue weighted by Gasteiger charge is -2.26. The molecule has 12 heteroatoms. The number of aromatic nitrogens is 1. The Bertz CT molecular complexity index is 1630. The summed E-state index contributed by atoms with van der Waals surface area (Å²) in [4.78, 5) is 17.9. The zero-order valence-electron chi connectivity index (χ0n) is 19.8. The van der Waals surface area contributed by atoms with Crippen molar-refractivity contribution >= 4 is 56.3 Å². The molecule has 4 aromatic rings. The molecule has 0 unspecified atom stereocenters. The molecule has 3 N–H and O–H groups in total. The van der Waals surface area contributed by atoms with Crippen LogP contribution in [0.25, 0.3) is 11.3 Å². The zero-order valence-corrected chi connectivity index (χ0v) is 22.2. The number of nitrogens with zero attached hydrogens (tertiary/aromatic N) is 2. The molecule has 2 aromatic carbocycles. The van der Waals surface area contributed by atoms with Crippen molar-refractivity contribution < 1.29 is 22.7 Å². The van der Waals surface area contributed by atoms with Crippen LogP contribution in [0.2, 0.25) is 5.02 Å². The first kappa shape index (κ1) is 25.7. The third-order valence-electron chi connectivity index (χ3n) is 5.94. The van der Waals surface area contributed by atoms with Crippen molar-refractivity contribution in [3.8, 4) is 11.3 Å². The normalized spacial score (nSPS) is 17.3. The van der Waals surface area contributed by atoms with Crippen molar-refractivity contribution in [3.63, 3.8) is 0 Å². The first-order chi connectivity index (χ1) is 18.1. The summed E-state index contributed by atoms with van der Waals surface area (Å²) in [6.45, 7) is 0. The van der Waals surface area contributed by atoms with Crippen molar-refractivity contribution in [2.75, 3.05) is 15.9 Å². The highest BCUT2D eigenvalue weighted by Crippen LogP contribution is 2.43. The summed E-state index contributed by atoms with van der Waals surface area (Å²) in [5, 5.41) is 13.5. The van der Waals surface area contributed by atoms with E-state index >= 15 is 0 Å². The summed E-state index contributed by atoms with van der Waals surface area (Å²) < 4.78 is 32.0. The van der Waals surface area contributed by atoms with Gasteiger partial charge in [0.15, 0.2) is 5.11 Å². The van der Waals surface area contributed by atoms with Gasteiger partial charge in [0, 0.05) is 23.1 Å². The number of hydrogen-bond acceptors (Lipinski definition) is 6. The highest BCUT2D eigenvalue weighted by molar-refractivity contribution is 7.92. The van der Waals surface area contributed by atoms with Crippen molar-refractivity contribution in [2.45, 2.75) is 12.1 Å². The molecule has 5 rings (SSSR count). The Morgan fingerprint density at radius 2 is 1.89 bits per heavy atom. The molecule has 0 radical (unpaired) electrons. The average molecular weight is 569 g/mol.